The molecule has 4 fully saturated rings. The van der Waals surface area contributed by atoms with E-state index >= 15 is 0 Å². The van der Waals surface area contributed by atoms with Crippen molar-refractivity contribution in [1.29, 1.82) is 0 Å². The van der Waals surface area contributed by atoms with Crippen LogP contribution in [0.2, 0.25) is 0 Å². The first-order valence-corrected chi connectivity index (χ1v) is 10.8. The number of amides is 4. The van der Waals surface area contributed by atoms with Crippen LogP contribution in [0.1, 0.15) is 38.5 Å². The van der Waals surface area contributed by atoms with Crippen LogP contribution in [0.3, 0.4) is 0 Å². The smallest absolute Gasteiger partial charge is 0.322 e. The van der Waals surface area contributed by atoms with Gasteiger partial charge in [0.1, 0.15) is 5.82 Å². The van der Waals surface area contributed by atoms with Crippen molar-refractivity contribution >= 4 is 23.5 Å². The topological polar surface area (TPSA) is 91.7 Å². The van der Waals surface area contributed by atoms with Crippen molar-refractivity contribution in [2.45, 2.75) is 44.1 Å². The third-order valence-electron chi connectivity index (χ3n) is 6.72. The summed E-state index contributed by atoms with van der Waals surface area (Å²) in [4.78, 5) is 37.4. The van der Waals surface area contributed by atoms with E-state index in [9.17, 15) is 18.8 Å². The van der Waals surface area contributed by atoms with Gasteiger partial charge in [-0.1, -0.05) is 0 Å². The van der Waals surface area contributed by atoms with Gasteiger partial charge in [0, 0.05) is 11.2 Å². The molecule has 162 valence electrons. The second-order valence-electron chi connectivity index (χ2n) is 9.57. The normalized spacial score (nSPS) is 29.9. The number of rotatable bonds is 6. The molecule has 4 bridgehead atoms. The first-order chi connectivity index (χ1) is 14.3. The maximum atomic E-state index is 12.9. The minimum Gasteiger partial charge on any atom is -0.332 e. The van der Waals surface area contributed by atoms with Crippen LogP contribution < -0.4 is 20.9 Å². The molecular formula is C22H30FN4O3+. The largest absolute Gasteiger partial charge is 0.332 e. The molecule has 4 amide bonds. The molecule has 4 aliphatic rings. The minimum absolute atomic E-state index is 0.00509. The van der Waals surface area contributed by atoms with Gasteiger partial charge in [0.25, 0.3) is 11.8 Å². The van der Waals surface area contributed by atoms with Crippen LogP contribution >= 0.6 is 0 Å². The average molecular weight is 418 g/mol. The van der Waals surface area contributed by atoms with Crippen LogP contribution in [0.25, 0.3) is 0 Å². The predicted molar refractivity (Wildman–Crippen MR) is 109 cm³/mol. The fourth-order valence-corrected chi connectivity index (χ4v) is 6.06. The van der Waals surface area contributed by atoms with Gasteiger partial charge in [-0.2, -0.15) is 0 Å². The molecule has 1 unspecified atom stereocenters. The van der Waals surface area contributed by atoms with E-state index in [4.69, 9.17) is 0 Å². The fourth-order valence-electron chi connectivity index (χ4n) is 6.06. The van der Waals surface area contributed by atoms with Gasteiger partial charge in [-0.05, 0) is 80.5 Å². The Hall–Kier alpha value is -2.48. The Kier molecular flexibility index (Phi) is 5.77. The number of quaternary nitrogens is 1. The first kappa shape index (κ1) is 20.8. The summed E-state index contributed by atoms with van der Waals surface area (Å²) in [6, 6.07) is 5.06. The van der Waals surface area contributed by atoms with Gasteiger partial charge in [-0.15, -0.1) is 0 Å². The number of urea groups is 1. The molecule has 0 aliphatic heterocycles. The molecule has 7 nitrogen and oxygen atoms in total. The van der Waals surface area contributed by atoms with Crippen molar-refractivity contribution in [3.05, 3.63) is 30.1 Å². The van der Waals surface area contributed by atoms with Gasteiger partial charge in [-0.25, -0.2) is 9.18 Å². The van der Waals surface area contributed by atoms with Gasteiger partial charge >= 0.3 is 6.03 Å². The van der Waals surface area contributed by atoms with Crippen molar-refractivity contribution in [2.24, 2.45) is 17.8 Å². The van der Waals surface area contributed by atoms with Gasteiger partial charge < -0.3 is 15.5 Å². The Labute approximate surface area is 175 Å². The molecule has 8 heteroatoms. The van der Waals surface area contributed by atoms with Crippen LogP contribution in [-0.2, 0) is 9.59 Å². The van der Waals surface area contributed by atoms with E-state index in [1.165, 1.54) is 43.5 Å². The lowest BCUT2D eigenvalue weighted by Gasteiger charge is -2.56. The molecule has 4 aliphatic carbocycles. The number of hydrogen-bond donors (Lipinski definition) is 4. The molecule has 0 heterocycles. The Morgan fingerprint density at radius 3 is 2.07 bits per heavy atom. The molecule has 0 saturated heterocycles. The van der Waals surface area contributed by atoms with Crippen molar-refractivity contribution in [1.82, 2.24) is 10.6 Å². The highest BCUT2D eigenvalue weighted by atomic mass is 19.1. The highest BCUT2D eigenvalue weighted by Crippen LogP contribution is 2.55. The summed E-state index contributed by atoms with van der Waals surface area (Å²) in [6.07, 6.45) is 6.93. The fraction of sp³-hybridized carbons (Fsp3) is 0.591. The van der Waals surface area contributed by atoms with Crippen molar-refractivity contribution in [3.63, 3.8) is 0 Å². The summed E-state index contributed by atoms with van der Waals surface area (Å²) in [5.74, 6) is 1.06. The number of benzene rings is 1. The van der Waals surface area contributed by atoms with Crippen LogP contribution in [0, 0.1) is 23.6 Å². The molecule has 1 aromatic rings. The van der Waals surface area contributed by atoms with Gasteiger partial charge in [0.2, 0.25) is 0 Å². The maximum absolute atomic E-state index is 12.9. The highest BCUT2D eigenvalue weighted by Gasteiger charge is 2.51. The van der Waals surface area contributed by atoms with Crippen molar-refractivity contribution in [2.75, 3.05) is 25.5 Å². The molecule has 1 atom stereocenters. The summed E-state index contributed by atoms with van der Waals surface area (Å²) in [6.45, 7) is 0.0620. The molecule has 0 aromatic heterocycles. The summed E-state index contributed by atoms with van der Waals surface area (Å²) >= 11 is 0. The molecule has 0 spiro atoms. The van der Waals surface area contributed by atoms with Gasteiger partial charge in [0.05, 0.1) is 7.05 Å². The Bertz CT molecular complexity index is 791. The summed E-state index contributed by atoms with van der Waals surface area (Å²) in [5.41, 5.74) is 0.348. The molecule has 4 saturated carbocycles. The van der Waals surface area contributed by atoms with Gasteiger partial charge in [0.15, 0.2) is 13.1 Å². The summed E-state index contributed by atoms with van der Waals surface area (Å²) < 4.78 is 12.9. The van der Waals surface area contributed by atoms with E-state index < -0.39 is 11.9 Å². The summed E-state index contributed by atoms with van der Waals surface area (Å²) in [7, 11) is 1.71. The van der Waals surface area contributed by atoms with E-state index in [0.717, 1.165) is 19.3 Å². The number of halogens is 1. The number of carbonyl (C=O) groups is 3. The molecule has 0 radical (unpaired) electrons. The van der Waals surface area contributed by atoms with E-state index in [1.807, 2.05) is 0 Å². The highest BCUT2D eigenvalue weighted by molar-refractivity contribution is 5.95. The SMILES string of the molecule is C[NH+](CC(=O)NC(=O)NC12CC3CC(CC(C3)C1)C2)CC(=O)Nc1ccc(F)cc1. The molecular weight excluding hydrogens is 387 g/mol. The van der Waals surface area contributed by atoms with Crippen LogP contribution in [0.4, 0.5) is 14.9 Å². The number of nitrogens with one attached hydrogen (secondary N) is 4. The van der Waals surface area contributed by atoms with Crippen LogP contribution in [0.5, 0.6) is 0 Å². The zero-order valence-corrected chi connectivity index (χ0v) is 17.3. The molecule has 30 heavy (non-hydrogen) atoms. The lowest BCUT2D eigenvalue weighted by Crippen LogP contribution is -3.11. The Morgan fingerprint density at radius 2 is 1.50 bits per heavy atom. The lowest BCUT2D eigenvalue weighted by molar-refractivity contribution is -0.862. The maximum Gasteiger partial charge on any atom is 0.322 e. The first-order valence-electron chi connectivity index (χ1n) is 10.8. The average Bonchev–Trinajstić information content (AvgIpc) is 2.61. The van der Waals surface area contributed by atoms with Gasteiger partial charge in [-0.3, -0.25) is 14.9 Å². The Balaban J connectivity index is 1.20. The third kappa shape index (κ3) is 4.98. The quantitative estimate of drug-likeness (QED) is 0.558. The lowest BCUT2D eigenvalue weighted by atomic mass is 9.53. The molecule has 5 rings (SSSR count). The predicted octanol–water partition coefficient (Wildman–Crippen LogP) is 1.07. The second-order valence-corrected chi connectivity index (χ2v) is 9.57. The monoisotopic (exact) mass is 417 g/mol. The van der Waals surface area contributed by atoms with E-state index in [1.54, 1.807) is 7.05 Å². The van der Waals surface area contributed by atoms with Crippen LogP contribution in [0.15, 0.2) is 24.3 Å². The number of carbonyl (C=O) groups excluding carboxylic acids is 3. The van der Waals surface area contributed by atoms with Crippen molar-refractivity contribution in [3.8, 4) is 0 Å². The second kappa shape index (κ2) is 8.34. The number of likely N-dealkylation sites (N-methyl/N-ethyl adjacent to an activating group) is 1. The standard InChI is InChI=1S/C22H29FN4O3/c1-27(12-19(28)24-18-4-2-17(23)3-5-18)13-20(29)25-21(30)26-22-9-14-6-15(10-22)8-16(7-14)11-22/h2-5,14-16H,6-13H2,1H3,(H,24,28)(H2,25,26,29,30)/p+1. The number of anilines is 1. The van der Waals surface area contributed by atoms with E-state index in [-0.39, 0.29) is 30.4 Å². The third-order valence-corrected chi connectivity index (χ3v) is 6.72. The minimum atomic E-state index is -0.425. The van der Waals surface area contributed by atoms with E-state index in [2.05, 4.69) is 16.0 Å². The zero-order chi connectivity index (χ0) is 21.3. The molecule has 1 aromatic carbocycles. The number of imide groups is 1. The number of hydrogen-bond acceptors (Lipinski definition) is 3. The zero-order valence-electron chi connectivity index (χ0n) is 17.3. The molecule has 4 N–H and O–H groups in total. The van der Waals surface area contributed by atoms with E-state index in [0.29, 0.717) is 28.3 Å². The Morgan fingerprint density at radius 1 is 0.967 bits per heavy atom. The summed E-state index contributed by atoms with van der Waals surface area (Å²) in [5, 5.41) is 8.21. The van der Waals surface area contributed by atoms with Crippen LogP contribution in [-0.4, -0.2) is 43.5 Å². The van der Waals surface area contributed by atoms with Crippen molar-refractivity contribution < 1.29 is 23.7 Å².